The zero-order valence-electron chi connectivity index (χ0n) is 11.8. The summed E-state index contributed by atoms with van der Waals surface area (Å²) in [5.74, 6) is -2.26. The summed E-state index contributed by atoms with van der Waals surface area (Å²) >= 11 is 1.58. The summed E-state index contributed by atoms with van der Waals surface area (Å²) in [7, 11) is 0. The summed E-state index contributed by atoms with van der Waals surface area (Å²) in [6.07, 6.45) is 0.620. The maximum absolute atomic E-state index is 10.6. The summed E-state index contributed by atoms with van der Waals surface area (Å²) in [6.45, 7) is 4.83. The molecule has 0 fully saturated rings. The van der Waals surface area contributed by atoms with Gasteiger partial charge in [0, 0.05) is 23.8 Å². The van der Waals surface area contributed by atoms with Crippen LogP contribution in [0.15, 0.2) is 18.6 Å². The van der Waals surface area contributed by atoms with Crippen molar-refractivity contribution in [2.45, 2.75) is 32.5 Å². The smallest absolute Gasteiger partial charge is 0.475 e. The predicted molar refractivity (Wildman–Crippen MR) is 74.9 cm³/mol. The van der Waals surface area contributed by atoms with Crippen molar-refractivity contribution in [2.24, 2.45) is 5.73 Å². The Labute approximate surface area is 128 Å². The van der Waals surface area contributed by atoms with E-state index in [4.69, 9.17) is 15.6 Å². The first-order valence-corrected chi connectivity index (χ1v) is 6.96. The molecule has 122 valence electrons. The first kappa shape index (κ1) is 18.1. The number of carboxylic acids is 1. The van der Waals surface area contributed by atoms with Gasteiger partial charge in [-0.05, 0) is 11.5 Å². The monoisotopic (exact) mass is 336 g/mol. The summed E-state index contributed by atoms with van der Waals surface area (Å²) in [4.78, 5) is 14.2. The van der Waals surface area contributed by atoms with E-state index < -0.39 is 12.1 Å². The fourth-order valence-electron chi connectivity index (χ4n) is 1.24. The Balaban J connectivity index is 0.000000295. The van der Waals surface area contributed by atoms with Crippen LogP contribution in [-0.4, -0.2) is 32.0 Å². The summed E-state index contributed by atoms with van der Waals surface area (Å²) in [5, 5.41) is 12.3. The van der Waals surface area contributed by atoms with Crippen molar-refractivity contribution in [1.29, 1.82) is 0 Å². The van der Waals surface area contributed by atoms with Crippen LogP contribution >= 0.6 is 11.3 Å². The van der Waals surface area contributed by atoms with E-state index in [1.54, 1.807) is 22.2 Å². The van der Waals surface area contributed by atoms with Gasteiger partial charge >= 0.3 is 12.1 Å². The van der Waals surface area contributed by atoms with Gasteiger partial charge in [0.1, 0.15) is 0 Å². The molecule has 6 nitrogen and oxygen atoms in total. The first-order valence-electron chi connectivity index (χ1n) is 6.15. The third-order valence-electron chi connectivity index (χ3n) is 2.45. The standard InChI is InChI=1S/C10H14N4S.C2HF3O2/c1-7(2)8-4-13-14(6-8)10-12-5-9(3-11)15-10;3-2(4,5)1(6)7/h4-7H,3,11H2,1-2H3;(H,6,7). The fraction of sp³-hybridized carbons (Fsp3) is 0.417. The van der Waals surface area contributed by atoms with Crippen LogP contribution in [-0.2, 0) is 11.3 Å². The van der Waals surface area contributed by atoms with E-state index in [2.05, 4.69) is 23.9 Å². The van der Waals surface area contributed by atoms with Gasteiger partial charge in [-0.15, -0.1) is 0 Å². The lowest BCUT2D eigenvalue weighted by Gasteiger charge is -1.97. The average Bonchev–Trinajstić information content (AvgIpc) is 3.07. The second-order valence-corrected chi connectivity index (χ2v) is 5.58. The van der Waals surface area contributed by atoms with Crippen LogP contribution in [0.4, 0.5) is 13.2 Å². The predicted octanol–water partition coefficient (Wildman–Crippen LogP) is 2.54. The normalized spacial score (nSPS) is 11.2. The highest BCUT2D eigenvalue weighted by atomic mass is 32.1. The van der Waals surface area contributed by atoms with Gasteiger partial charge in [0.2, 0.25) is 5.13 Å². The Morgan fingerprint density at radius 1 is 1.45 bits per heavy atom. The molecular weight excluding hydrogens is 321 g/mol. The minimum atomic E-state index is -5.08. The molecule has 3 N–H and O–H groups in total. The number of rotatable bonds is 3. The zero-order valence-corrected chi connectivity index (χ0v) is 12.6. The molecule has 0 aromatic carbocycles. The van der Waals surface area contributed by atoms with Gasteiger partial charge in [-0.1, -0.05) is 25.2 Å². The number of halogens is 3. The molecule has 0 amide bonds. The molecule has 0 radical (unpaired) electrons. The van der Waals surface area contributed by atoms with Gasteiger partial charge in [0.05, 0.1) is 6.20 Å². The van der Waals surface area contributed by atoms with E-state index >= 15 is 0 Å². The lowest BCUT2D eigenvalue weighted by molar-refractivity contribution is -0.192. The highest BCUT2D eigenvalue weighted by Gasteiger charge is 2.38. The molecule has 0 aliphatic carbocycles. The molecule has 0 saturated carbocycles. The first-order chi connectivity index (χ1) is 10.1. The van der Waals surface area contributed by atoms with Crippen LogP contribution in [0.3, 0.4) is 0 Å². The van der Waals surface area contributed by atoms with E-state index in [0.29, 0.717) is 12.5 Å². The number of nitrogens with zero attached hydrogens (tertiary/aromatic N) is 3. The van der Waals surface area contributed by atoms with Crippen LogP contribution < -0.4 is 5.73 Å². The molecule has 2 heterocycles. The number of nitrogens with two attached hydrogens (primary N) is 1. The van der Waals surface area contributed by atoms with Crippen molar-refractivity contribution in [1.82, 2.24) is 14.8 Å². The van der Waals surface area contributed by atoms with Crippen molar-refractivity contribution < 1.29 is 23.1 Å². The van der Waals surface area contributed by atoms with Gasteiger partial charge in [0.15, 0.2) is 0 Å². The molecule has 2 aromatic rings. The molecule has 0 aliphatic heterocycles. The quantitative estimate of drug-likeness (QED) is 0.898. The van der Waals surface area contributed by atoms with Crippen molar-refractivity contribution >= 4 is 17.3 Å². The minimum Gasteiger partial charge on any atom is -0.475 e. The molecule has 0 unspecified atom stereocenters. The molecule has 0 saturated heterocycles. The SMILES string of the molecule is CC(C)c1cnn(-c2ncc(CN)s2)c1.O=C(O)C(F)(F)F. The van der Waals surface area contributed by atoms with Crippen molar-refractivity contribution in [3.05, 3.63) is 29.0 Å². The Bertz CT molecular complexity index is 622. The number of aliphatic carboxylic acids is 1. The second kappa shape index (κ2) is 7.36. The number of hydrogen-bond acceptors (Lipinski definition) is 5. The number of carboxylic acid groups (broad SMARTS) is 1. The van der Waals surface area contributed by atoms with Gasteiger partial charge in [-0.25, -0.2) is 14.5 Å². The average molecular weight is 336 g/mol. The molecule has 22 heavy (non-hydrogen) atoms. The highest BCUT2D eigenvalue weighted by Crippen LogP contribution is 2.19. The molecule has 0 bridgehead atoms. The Morgan fingerprint density at radius 3 is 2.41 bits per heavy atom. The molecule has 10 heteroatoms. The van der Waals surface area contributed by atoms with E-state index in [1.807, 2.05) is 12.4 Å². The second-order valence-electron chi connectivity index (χ2n) is 4.49. The largest absolute Gasteiger partial charge is 0.490 e. The number of hydrogen-bond donors (Lipinski definition) is 2. The van der Waals surface area contributed by atoms with Crippen LogP contribution in [0.2, 0.25) is 0 Å². The van der Waals surface area contributed by atoms with Crippen LogP contribution in [0, 0.1) is 0 Å². The van der Waals surface area contributed by atoms with E-state index in [9.17, 15) is 13.2 Å². The van der Waals surface area contributed by atoms with E-state index in [1.165, 1.54) is 5.56 Å². The van der Waals surface area contributed by atoms with E-state index in [-0.39, 0.29) is 0 Å². The topological polar surface area (TPSA) is 94.0 Å². The van der Waals surface area contributed by atoms with Crippen molar-refractivity contribution in [2.75, 3.05) is 0 Å². The summed E-state index contributed by atoms with van der Waals surface area (Å²) in [5.41, 5.74) is 6.76. The number of thiazole rings is 1. The molecule has 2 aromatic heterocycles. The zero-order chi connectivity index (χ0) is 16.9. The van der Waals surface area contributed by atoms with Crippen LogP contribution in [0.5, 0.6) is 0 Å². The highest BCUT2D eigenvalue weighted by molar-refractivity contribution is 7.14. The van der Waals surface area contributed by atoms with Gasteiger partial charge < -0.3 is 10.8 Å². The van der Waals surface area contributed by atoms with Gasteiger partial charge in [0.25, 0.3) is 0 Å². The maximum Gasteiger partial charge on any atom is 0.490 e. The molecule has 2 rings (SSSR count). The number of aromatic nitrogens is 3. The summed E-state index contributed by atoms with van der Waals surface area (Å²) < 4.78 is 33.5. The third kappa shape index (κ3) is 5.11. The lowest BCUT2D eigenvalue weighted by Crippen LogP contribution is -2.21. The van der Waals surface area contributed by atoms with Crippen molar-refractivity contribution in [3.8, 4) is 5.13 Å². The number of carbonyl (C=O) groups is 1. The summed E-state index contributed by atoms with van der Waals surface area (Å²) in [6, 6.07) is 0. The Hall–Kier alpha value is -1.94. The third-order valence-corrected chi connectivity index (χ3v) is 3.46. The Morgan fingerprint density at radius 2 is 2.05 bits per heavy atom. The number of alkyl halides is 3. The molecule has 0 atom stereocenters. The van der Waals surface area contributed by atoms with Crippen molar-refractivity contribution in [3.63, 3.8) is 0 Å². The van der Waals surface area contributed by atoms with Crippen LogP contribution in [0.25, 0.3) is 5.13 Å². The van der Waals surface area contributed by atoms with Crippen LogP contribution in [0.1, 0.15) is 30.2 Å². The lowest BCUT2D eigenvalue weighted by atomic mass is 10.1. The minimum absolute atomic E-state index is 0.493. The molecule has 0 aliphatic rings. The fourth-order valence-corrected chi connectivity index (χ4v) is 1.96. The van der Waals surface area contributed by atoms with Gasteiger partial charge in [-0.2, -0.15) is 18.3 Å². The molecular formula is C12H15F3N4O2S. The Kier molecular flexibility index (Phi) is 6.06. The maximum atomic E-state index is 10.6. The van der Waals surface area contributed by atoms with E-state index in [0.717, 1.165) is 10.0 Å². The molecule has 0 spiro atoms. The van der Waals surface area contributed by atoms with Gasteiger partial charge in [-0.3, -0.25) is 0 Å².